The van der Waals surface area contributed by atoms with Gasteiger partial charge in [0.15, 0.2) is 47.2 Å². The predicted molar refractivity (Wildman–Crippen MR) is 430 cm³/mol. The van der Waals surface area contributed by atoms with Gasteiger partial charge in [-0.25, -0.2) is 33.9 Å². The molecule has 0 aliphatic carbocycles. The number of imidazole rings is 2. The molecule has 24 atom stereocenters. The molecular weight excluding hydrogens is 1520 g/mol. The van der Waals surface area contributed by atoms with Gasteiger partial charge in [0.25, 0.3) is 0 Å². The highest BCUT2D eigenvalue weighted by Crippen LogP contribution is 2.45. The molecule has 4 fully saturated rings. The van der Waals surface area contributed by atoms with E-state index in [-0.39, 0.29) is 79.8 Å². The number of likely N-dealkylation sites (N-methyl/N-ethyl adjacent to an activating group) is 2. The van der Waals surface area contributed by atoms with Gasteiger partial charge in [0.2, 0.25) is 0 Å². The van der Waals surface area contributed by atoms with Gasteiger partial charge in [0, 0.05) is 92.8 Å². The Morgan fingerprint density at radius 1 is 0.672 bits per heavy atom. The van der Waals surface area contributed by atoms with Crippen molar-refractivity contribution >= 4 is 64.8 Å². The standard InChI is InChI=1S/C44H66ClN5O10.C41H57N3O11.H3N/c1-13-32-44(9)38(50(42(55)60-44)19-15-14-18-49-23-47-34(29(49)7)30-16-17-33(45)46-22-30)26(4)35(51)24(2)21-43(8,56-12)39(27(5)36(52)28(6)40(54)58-32)59-41-37(53)31(48(10)11)20-25(3)57-41;1-12-31-40(7,55-39(49)44-19-18-42-23-44)21-24(2)32(45)25(3)22-41(8,50-11)35(27(5)33(46)28(6)36(47)52-31)54-38-34(30(43(9)10)20-26(4)51-38)53-37(48)29-16-14-13-15-17-29;/h16-17,22-28,31-32,37-39,41,53H,13-15,18-21H2,1-12H3;13-19,21,23,25-28,30-31,34-35,38H,12,20,22H2,1-11H3;1H3/b;24-21+;/t24-,25-,26+,27+,28-,31+,32-,37-,38-,39-,41+,43+,44-;25-,26-,27+,28-,30+,31-,34-,35-,38+,40+,41+;/m11./s1. The summed E-state index contributed by atoms with van der Waals surface area (Å²) in [7, 11) is 10.4. The number of halogens is 1. The topological polar surface area (TPSA) is 369 Å². The number of carbonyl (C=O) groups is 9. The molecule has 8 heterocycles. The van der Waals surface area contributed by atoms with Crippen molar-refractivity contribution in [3.05, 3.63) is 102 Å². The highest BCUT2D eigenvalue weighted by Gasteiger charge is 2.61. The average Bonchev–Trinajstić information content (AvgIpc) is 1.59. The van der Waals surface area contributed by atoms with Crippen molar-refractivity contribution in [2.24, 2.45) is 41.4 Å². The number of esters is 3. The van der Waals surface area contributed by atoms with Crippen molar-refractivity contribution < 1.29 is 100 Å². The minimum absolute atomic E-state index is 0. The van der Waals surface area contributed by atoms with Crippen LogP contribution in [0.15, 0.2) is 85.4 Å². The van der Waals surface area contributed by atoms with Gasteiger partial charge in [-0.15, -0.1) is 0 Å². The fourth-order valence-electron chi connectivity index (χ4n) is 17.4. The molecule has 30 nitrogen and oxygen atoms in total. The number of unbranched alkanes of at least 4 members (excludes halogenated alkanes) is 1. The first-order chi connectivity index (χ1) is 54.0. The number of rotatable bonds is 19. The van der Waals surface area contributed by atoms with Crippen molar-refractivity contribution in [1.29, 1.82) is 0 Å². The number of hydrogen-bond donors (Lipinski definition) is 2. The maximum Gasteiger partial charge on any atom is 0.420 e. The van der Waals surface area contributed by atoms with Crippen molar-refractivity contribution in [2.75, 3.05) is 49.0 Å². The largest absolute Gasteiger partial charge is 0.458 e. The smallest absolute Gasteiger partial charge is 0.420 e. The zero-order valence-corrected chi connectivity index (χ0v) is 72.7. The number of aromatic nitrogens is 5. The fraction of sp³-hybridized carbons (Fsp3) is 0.671. The fourth-order valence-corrected chi connectivity index (χ4v) is 17.5. The molecule has 3 aromatic heterocycles. The molecule has 0 radical (unpaired) electrons. The highest BCUT2D eigenvalue weighted by atomic mass is 35.5. The van der Waals surface area contributed by atoms with Crippen LogP contribution < -0.4 is 6.15 Å². The first kappa shape index (κ1) is 95.4. The van der Waals surface area contributed by atoms with Crippen LogP contribution in [0, 0.1) is 48.3 Å². The zero-order valence-electron chi connectivity index (χ0n) is 71.9. The molecule has 644 valence electrons. The summed E-state index contributed by atoms with van der Waals surface area (Å²) in [5.74, 6) is -10.2. The van der Waals surface area contributed by atoms with Crippen molar-refractivity contribution in [3.63, 3.8) is 0 Å². The zero-order chi connectivity index (χ0) is 85.3. The van der Waals surface area contributed by atoms with Gasteiger partial charge in [-0.1, -0.05) is 78.3 Å². The quantitative estimate of drug-likeness (QED) is 0.0289. The van der Waals surface area contributed by atoms with E-state index >= 15 is 0 Å². The number of cyclic esters (lactones) is 2. The number of ketones is 4. The van der Waals surface area contributed by atoms with Crippen molar-refractivity contribution in [3.8, 4) is 11.3 Å². The summed E-state index contributed by atoms with van der Waals surface area (Å²) >= 11 is 5.99. The average molecular weight is 1650 g/mol. The summed E-state index contributed by atoms with van der Waals surface area (Å²) in [6.45, 7) is 30.2. The third kappa shape index (κ3) is 21.4. The number of carbonyl (C=O) groups excluding carboxylic acids is 9. The van der Waals surface area contributed by atoms with Crippen LogP contribution in [0.1, 0.15) is 178 Å². The van der Waals surface area contributed by atoms with E-state index in [1.807, 2.05) is 83.2 Å². The SMILES string of the molecule is CC[C@H]1OC(=O)[C@H](C)C(=O)[C@H](C)[C@@H](O[C@@H]2O[C@H](C)C[C@H](N(C)C)[C@H]2O)[C@@](C)(OC)C[C@@H](C)C(=O)[C@H](C)[C@H]2N(CCCCn3cnc(-c4ccc(Cl)nc4)c3C)C(=O)O[C@]12C.CC[C@H]1OC(=O)[C@H](C)C(=O)[C@H](C)[C@@H](O[C@@H]2O[C@H](C)C[C@H](N(C)C)[C@H]2OC(=O)c2ccccc2)[C@@](C)(OC)C[C@@H](C)C(=O)/C(C)=C/[C@]1(C)OC(=O)n1ccnc1.N. The third-order valence-electron chi connectivity index (χ3n) is 24.2. The number of ether oxygens (including phenoxy) is 11. The van der Waals surface area contributed by atoms with Crippen LogP contribution in [-0.2, 0) is 87.4 Å². The van der Waals surface area contributed by atoms with Crippen LogP contribution in [0.3, 0.4) is 0 Å². The minimum atomic E-state index is -1.61. The molecule has 1 aromatic carbocycles. The number of aliphatic hydroxyl groups excluding tert-OH is 1. The van der Waals surface area contributed by atoms with Gasteiger partial charge in [-0.05, 0) is 185 Å². The van der Waals surface area contributed by atoms with Gasteiger partial charge in [-0.2, -0.15) is 0 Å². The number of allylic oxidation sites excluding steroid dienone is 1. The van der Waals surface area contributed by atoms with E-state index in [0.29, 0.717) is 42.9 Å². The van der Waals surface area contributed by atoms with E-state index in [1.165, 1.54) is 52.9 Å². The Morgan fingerprint density at radius 2 is 1.22 bits per heavy atom. The van der Waals surface area contributed by atoms with Crippen LogP contribution in [0.2, 0.25) is 5.15 Å². The minimum Gasteiger partial charge on any atom is -0.458 e. The molecule has 0 unspecified atom stereocenters. The number of aliphatic hydroxyl groups is 1. The number of benzene rings is 1. The maximum absolute atomic E-state index is 14.8. The van der Waals surface area contributed by atoms with E-state index in [9.17, 15) is 48.3 Å². The lowest BCUT2D eigenvalue weighted by Crippen LogP contribution is -2.60. The Labute approximate surface area is 687 Å². The van der Waals surface area contributed by atoms with E-state index in [2.05, 4.69) is 15.0 Å². The molecule has 31 heteroatoms. The normalized spacial score (nSPS) is 35.1. The number of methoxy groups -OCH3 is 2. The maximum atomic E-state index is 14.8. The second-order valence-electron chi connectivity index (χ2n) is 33.3. The highest BCUT2D eigenvalue weighted by molar-refractivity contribution is 6.29. The van der Waals surface area contributed by atoms with Crippen LogP contribution in [0.25, 0.3) is 11.3 Å². The molecule has 116 heavy (non-hydrogen) atoms. The Morgan fingerprint density at radius 3 is 1.75 bits per heavy atom. The van der Waals surface area contributed by atoms with E-state index in [0.717, 1.165) is 21.5 Å². The number of Topliss-reactive ketones (excluding diaryl/α,β-unsaturated/α-hetero) is 4. The summed E-state index contributed by atoms with van der Waals surface area (Å²) in [4.78, 5) is 144. The van der Waals surface area contributed by atoms with E-state index < -0.39 is 161 Å². The van der Waals surface area contributed by atoms with E-state index in [1.54, 1.807) is 123 Å². The predicted octanol–water partition coefficient (Wildman–Crippen LogP) is 11.5. The summed E-state index contributed by atoms with van der Waals surface area (Å²) in [5.41, 5.74) is -2.39. The summed E-state index contributed by atoms with van der Waals surface area (Å²) < 4.78 is 71.8. The monoisotopic (exact) mass is 1640 g/mol. The van der Waals surface area contributed by atoms with Crippen LogP contribution in [0.4, 0.5) is 9.59 Å². The van der Waals surface area contributed by atoms with Gasteiger partial charge in [-0.3, -0.25) is 28.8 Å². The summed E-state index contributed by atoms with van der Waals surface area (Å²) in [6.07, 6.45) is 1.58. The molecular formula is C85H126ClN9O21. The lowest BCUT2D eigenvalue weighted by atomic mass is 9.73. The number of pyridine rings is 1. The number of nitrogens with zero attached hydrogens (tertiary/aromatic N) is 8. The molecule has 0 spiro atoms. The summed E-state index contributed by atoms with van der Waals surface area (Å²) in [5, 5.41) is 11.9. The number of aryl methyl sites for hydroxylation is 1. The Kier molecular flexibility index (Phi) is 33.2. The second kappa shape index (κ2) is 40.3. The Hall–Kier alpha value is -7.75. The second-order valence-corrected chi connectivity index (χ2v) is 33.7. The van der Waals surface area contributed by atoms with Crippen LogP contribution in [-0.4, -0.2) is 248 Å². The molecule has 0 saturated carbocycles. The van der Waals surface area contributed by atoms with Crippen molar-refractivity contribution in [1.82, 2.24) is 44.9 Å². The summed E-state index contributed by atoms with van der Waals surface area (Å²) in [6, 6.07) is 10.8. The molecule has 5 aliphatic rings. The molecule has 1 amide bonds. The van der Waals surface area contributed by atoms with Crippen LogP contribution in [0.5, 0.6) is 0 Å². The van der Waals surface area contributed by atoms with Gasteiger partial charge >= 0.3 is 30.1 Å². The number of hydrogen-bond acceptors (Lipinski definition) is 27. The van der Waals surface area contributed by atoms with Gasteiger partial charge < -0.3 is 82.6 Å². The van der Waals surface area contributed by atoms with E-state index in [4.69, 9.17) is 63.7 Å². The van der Waals surface area contributed by atoms with Crippen LogP contribution >= 0.6 is 11.6 Å². The molecule has 4 aromatic rings. The first-order valence-electron chi connectivity index (χ1n) is 40.1. The third-order valence-corrected chi connectivity index (χ3v) is 24.4. The molecule has 4 saturated heterocycles. The van der Waals surface area contributed by atoms with Gasteiger partial charge in [0.05, 0.1) is 65.3 Å². The first-order valence-corrected chi connectivity index (χ1v) is 40.5. The lowest BCUT2D eigenvalue weighted by Gasteiger charge is -2.47. The van der Waals surface area contributed by atoms with Crippen molar-refractivity contribution in [2.45, 2.75) is 278 Å². The molecule has 0 bridgehead atoms. The molecule has 4 N–H and O–H groups in total. The Bertz CT molecular complexity index is 4050. The molecule has 9 rings (SSSR count). The molecule has 5 aliphatic heterocycles. The number of fused-ring (bicyclic) bond motifs is 1. The number of amides is 1. The lowest BCUT2D eigenvalue weighted by molar-refractivity contribution is -0.295. The Balaban J connectivity index is 0.000000319. The van der Waals surface area contributed by atoms with Gasteiger partial charge in [0.1, 0.15) is 47.4 Å².